The van der Waals surface area contributed by atoms with E-state index in [9.17, 15) is 0 Å². The molecular formula is C15H16Cl2N4. The van der Waals surface area contributed by atoms with Crippen LogP contribution in [0.1, 0.15) is 12.0 Å². The fraction of sp³-hybridized carbons (Fsp3) is 0.333. The van der Waals surface area contributed by atoms with Gasteiger partial charge >= 0.3 is 0 Å². The molecule has 0 spiro atoms. The first kappa shape index (κ1) is 14.6. The molecule has 2 heterocycles. The van der Waals surface area contributed by atoms with Crippen LogP contribution in [-0.2, 0) is 6.54 Å². The molecular weight excluding hydrogens is 307 g/mol. The number of rotatable bonds is 4. The summed E-state index contributed by atoms with van der Waals surface area (Å²) in [4.78, 5) is 10.8. The summed E-state index contributed by atoms with van der Waals surface area (Å²) < 4.78 is 0. The van der Waals surface area contributed by atoms with Crippen molar-refractivity contribution in [2.75, 3.05) is 18.0 Å². The Hall–Kier alpha value is -1.36. The normalized spacial score (nSPS) is 18.2. The van der Waals surface area contributed by atoms with E-state index >= 15 is 0 Å². The van der Waals surface area contributed by atoms with Gasteiger partial charge in [-0.05, 0) is 30.2 Å². The third kappa shape index (κ3) is 3.64. The van der Waals surface area contributed by atoms with Gasteiger partial charge in [-0.2, -0.15) is 0 Å². The van der Waals surface area contributed by atoms with Gasteiger partial charge in [-0.15, -0.1) is 0 Å². The summed E-state index contributed by atoms with van der Waals surface area (Å²) in [5, 5.41) is 4.90. The molecule has 1 aromatic heterocycles. The van der Waals surface area contributed by atoms with Crippen LogP contribution in [0.2, 0.25) is 10.0 Å². The van der Waals surface area contributed by atoms with Crippen molar-refractivity contribution in [2.45, 2.75) is 19.0 Å². The number of hydrogen-bond acceptors (Lipinski definition) is 4. The van der Waals surface area contributed by atoms with E-state index in [4.69, 9.17) is 23.2 Å². The lowest BCUT2D eigenvalue weighted by Crippen LogP contribution is -2.32. The predicted molar refractivity (Wildman–Crippen MR) is 86.0 cm³/mol. The van der Waals surface area contributed by atoms with Gasteiger partial charge in [0.25, 0.3) is 0 Å². The van der Waals surface area contributed by atoms with Crippen LogP contribution in [-0.4, -0.2) is 29.1 Å². The number of benzene rings is 1. The SMILES string of the molecule is Clc1ccc(CNC2CCN(c3ncccn3)C2)c(Cl)c1. The van der Waals surface area contributed by atoms with Gasteiger partial charge < -0.3 is 10.2 Å². The van der Waals surface area contributed by atoms with Crippen molar-refractivity contribution < 1.29 is 0 Å². The highest BCUT2D eigenvalue weighted by atomic mass is 35.5. The van der Waals surface area contributed by atoms with Gasteiger partial charge in [-0.1, -0.05) is 29.3 Å². The highest BCUT2D eigenvalue weighted by molar-refractivity contribution is 6.35. The highest BCUT2D eigenvalue weighted by Crippen LogP contribution is 2.21. The summed E-state index contributed by atoms with van der Waals surface area (Å²) in [6.45, 7) is 2.62. The van der Waals surface area contributed by atoms with Crippen LogP contribution >= 0.6 is 23.2 Å². The molecule has 0 radical (unpaired) electrons. The van der Waals surface area contributed by atoms with Gasteiger partial charge in [0.15, 0.2) is 0 Å². The second kappa shape index (κ2) is 6.60. The summed E-state index contributed by atoms with van der Waals surface area (Å²) in [7, 11) is 0. The third-order valence-corrected chi connectivity index (χ3v) is 4.21. The Labute approximate surface area is 134 Å². The van der Waals surface area contributed by atoms with Crippen LogP contribution in [0.15, 0.2) is 36.7 Å². The topological polar surface area (TPSA) is 41.0 Å². The Balaban J connectivity index is 1.55. The van der Waals surface area contributed by atoms with Crippen LogP contribution in [0, 0.1) is 0 Å². The maximum atomic E-state index is 6.18. The highest BCUT2D eigenvalue weighted by Gasteiger charge is 2.23. The van der Waals surface area contributed by atoms with Crippen molar-refractivity contribution in [3.63, 3.8) is 0 Å². The molecule has 1 N–H and O–H groups in total. The van der Waals surface area contributed by atoms with Gasteiger partial charge in [0.2, 0.25) is 5.95 Å². The third-order valence-electron chi connectivity index (χ3n) is 3.62. The Morgan fingerprint density at radius 1 is 1.24 bits per heavy atom. The van der Waals surface area contributed by atoms with Crippen molar-refractivity contribution in [2.24, 2.45) is 0 Å². The van der Waals surface area contributed by atoms with Crippen LogP contribution in [0.4, 0.5) is 5.95 Å². The molecule has 4 nitrogen and oxygen atoms in total. The maximum Gasteiger partial charge on any atom is 0.225 e. The monoisotopic (exact) mass is 322 g/mol. The van der Waals surface area contributed by atoms with Crippen molar-refractivity contribution in [1.82, 2.24) is 15.3 Å². The lowest BCUT2D eigenvalue weighted by atomic mass is 10.2. The molecule has 1 atom stereocenters. The number of nitrogens with one attached hydrogen (secondary N) is 1. The van der Waals surface area contributed by atoms with Crippen molar-refractivity contribution in [1.29, 1.82) is 0 Å². The molecule has 1 aliphatic heterocycles. The molecule has 0 amide bonds. The van der Waals surface area contributed by atoms with Crippen LogP contribution in [0.5, 0.6) is 0 Å². The van der Waals surface area contributed by atoms with Gasteiger partial charge in [-0.3, -0.25) is 0 Å². The van der Waals surface area contributed by atoms with E-state index in [0.717, 1.165) is 37.6 Å². The smallest absolute Gasteiger partial charge is 0.225 e. The fourth-order valence-corrected chi connectivity index (χ4v) is 2.96. The first-order valence-electron chi connectivity index (χ1n) is 6.91. The molecule has 2 aromatic rings. The summed E-state index contributed by atoms with van der Waals surface area (Å²) in [5.41, 5.74) is 1.07. The Kier molecular flexibility index (Phi) is 4.58. The zero-order valence-electron chi connectivity index (χ0n) is 11.5. The second-order valence-electron chi connectivity index (χ2n) is 5.10. The Morgan fingerprint density at radius 3 is 2.81 bits per heavy atom. The lowest BCUT2D eigenvalue weighted by molar-refractivity contribution is 0.551. The van der Waals surface area contributed by atoms with E-state index in [1.807, 2.05) is 18.2 Å². The quantitative estimate of drug-likeness (QED) is 0.938. The number of nitrogens with zero attached hydrogens (tertiary/aromatic N) is 3. The fourth-order valence-electron chi connectivity index (χ4n) is 2.48. The van der Waals surface area contributed by atoms with Crippen LogP contribution in [0.25, 0.3) is 0 Å². The minimum atomic E-state index is 0.417. The Bertz CT molecular complexity index is 606. The van der Waals surface area contributed by atoms with Gasteiger partial charge in [0.1, 0.15) is 0 Å². The molecule has 6 heteroatoms. The zero-order valence-corrected chi connectivity index (χ0v) is 13.0. The van der Waals surface area contributed by atoms with Crippen LogP contribution in [0.3, 0.4) is 0 Å². The summed E-state index contributed by atoms with van der Waals surface area (Å²) in [6.07, 6.45) is 4.62. The number of aromatic nitrogens is 2. The molecule has 1 unspecified atom stereocenters. The second-order valence-corrected chi connectivity index (χ2v) is 5.94. The maximum absolute atomic E-state index is 6.18. The van der Waals surface area contributed by atoms with Crippen molar-refractivity contribution in [3.8, 4) is 0 Å². The van der Waals surface area contributed by atoms with E-state index < -0.39 is 0 Å². The molecule has 1 aliphatic rings. The lowest BCUT2D eigenvalue weighted by Gasteiger charge is -2.16. The molecule has 21 heavy (non-hydrogen) atoms. The molecule has 1 saturated heterocycles. The van der Waals surface area contributed by atoms with E-state index in [1.165, 1.54) is 0 Å². The minimum absolute atomic E-state index is 0.417. The number of halogens is 2. The van der Waals surface area contributed by atoms with E-state index in [1.54, 1.807) is 18.5 Å². The predicted octanol–water partition coefficient (Wildman–Crippen LogP) is 3.15. The van der Waals surface area contributed by atoms with Crippen LogP contribution < -0.4 is 10.2 Å². The van der Waals surface area contributed by atoms with Crippen molar-refractivity contribution >= 4 is 29.2 Å². The van der Waals surface area contributed by atoms with E-state index in [-0.39, 0.29) is 0 Å². The average molecular weight is 323 g/mol. The summed E-state index contributed by atoms with van der Waals surface area (Å²) >= 11 is 12.1. The molecule has 1 fully saturated rings. The number of hydrogen-bond donors (Lipinski definition) is 1. The molecule has 1 aromatic carbocycles. The van der Waals surface area contributed by atoms with Gasteiger partial charge in [0, 0.05) is 48.1 Å². The van der Waals surface area contributed by atoms with E-state index in [2.05, 4.69) is 20.2 Å². The average Bonchev–Trinajstić information content (AvgIpc) is 2.96. The zero-order chi connectivity index (χ0) is 14.7. The molecule has 0 saturated carbocycles. The Morgan fingerprint density at radius 2 is 2.05 bits per heavy atom. The molecule has 3 rings (SSSR count). The largest absolute Gasteiger partial charge is 0.339 e. The van der Waals surface area contributed by atoms with Crippen molar-refractivity contribution in [3.05, 3.63) is 52.3 Å². The van der Waals surface area contributed by atoms with Gasteiger partial charge in [-0.25, -0.2) is 9.97 Å². The molecule has 0 aliphatic carbocycles. The first-order valence-corrected chi connectivity index (χ1v) is 7.67. The molecule has 110 valence electrons. The summed E-state index contributed by atoms with van der Waals surface area (Å²) in [6, 6.07) is 7.85. The minimum Gasteiger partial charge on any atom is -0.339 e. The summed E-state index contributed by atoms with van der Waals surface area (Å²) in [5.74, 6) is 0.798. The first-order chi connectivity index (χ1) is 10.2. The van der Waals surface area contributed by atoms with E-state index in [0.29, 0.717) is 16.1 Å². The molecule has 0 bridgehead atoms. The standard InChI is InChI=1S/C15H16Cl2N4/c16-12-3-2-11(14(17)8-12)9-20-13-4-7-21(10-13)15-18-5-1-6-19-15/h1-3,5-6,8,13,20H,4,7,9-10H2. The number of anilines is 1. The van der Waals surface area contributed by atoms with Gasteiger partial charge in [0.05, 0.1) is 0 Å².